The summed E-state index contributed by atoms with van der Waals surface area (Å²) >= 11 is 11.7. The summed E-state index contributed by atoms with van der Waals surface area (Å²) in [5.74, 6) is -0.0986. The molecule has 3 aromatic rings. The molecule has 0 N–H and O–H groups in total. The first-order chi connectivity index (χ1) is 14.6. The Kier molecular flexibility index (Phi) is 6.33. The second-order valence-electron chi connectivity index (χ2n) is 5.94. The van der Waals surface area contributed by atoms with E-state index in [-0.39, 0.29) is 39.5 Å². The van der Waals surface area contributed by atoms with Crippen molar-refractivity contribution in [2.45, 2.75) is 12.7 Å². The molecule has 8 nitrogen and oxygen atoms in total. The van der Waals surface area contributed by atoms with Crippen LogP contribution in [0, 0.1) is 11.3 Å². The van der Waals surface area contributed by atoms with Crippen LogP contribution in [0.15, 0.2) is 35.1 Å². The average Bonchev–Trinajstić information content (AvgIpc) is 2.69. The van der Waals surface area contributed by atoms with Gasteiger partial charge in [0.05, 0.1) is 25.3 Å². The predicted molar refractivity (Wildman–Crippen MR) is 102 cm³/mol. The van der Waals surface area contributed by atoms with E-state index in [2.05, 4.69) is 15.2 Å². The molecule has 0 aliphatic heterocycles. The van der Waals surface area contributed by atoms with Crippen molar-refractivity contribution in [3.05, 3.63) is 67.7 Å². The van der Waals surface area contributed by atoms with E-state index >= 15 is 0 Å². The van der Waals surface area contributed by atoms with Crippen LogP contribution in [-0.2, 0) is 12.7 Å². The Morgan fingerprint density at radius 3 is 2.55 bits per heavy atom. The molecule has 13 heteroatoms. The van der Waals surface area contributed by atoms with E-state index < -0.39 is 23.4 Å². The molecule has 0 saturated carbocycles. The highest BCUT2D eigenvalue weighted by Crippen LogP contribution is 2.30. The average molecular weight is 472 g/mol. The summed E-state index contributed by atoms with van der Waals surface area (Å²) in [7, 11) is 1.29. The molecule has 1 aromatic carbocycles. The fraction of sp³-hybridized carbons (Fsp3) is 0.167. The Bertz CT molecular complexity index is 1240. The third kappa shape index (κ3) is 5.22. The Balaban J connectivity index is 2.15. The number of nitrogens with zero attached hydrogens (tertiary/aromatic N) is 5. The minimum atomic E-state index is -4.90. The molecule has 0 amide bonds. The normalized spacial score (nSPS) is 11.1. The van der Waals surface area contributed by atoms with E-state index in [9.17, 15) is 18.0 Å². The Morgan fingerprint density at radius 2 is 1.90 bits per heavy atom. The van der Waals surface area contributed by atoms with Gasteiger partial charge in [-0.25, -0.2) is 0 Å². The first kappa shape index (κ1) is 22.3. The van der Waals surface area contributed by atoms with Crippen molar-refractivity contribution in [3.8, 4) is 23.7 Å². The number of ether oxygens (including phenoxy) is 2. The zero-order chi connectivity index (χ0) is 22.8. The van der Waals surface area contributed by atoms with E-state index in [1.807, 2.05) is 6.07 Å². The van der Waals surface area contributed by atoms with Crippen LogP contribution in [0.25, 0.3) is 0 Å². The SMILES string of the molecule is COc1nnc(Cl)cc1Cn1c(Oc2cc(Cl)cc(C#N)c2)nc(C(F)(F)F)cc1=O. The van der Waals surface area contributed by atoms with Crippen molar-refractivity contribution in [1.29, 1.82) is 5.26 Å². The van der Waals surface area contributed by atoms with Crippen molar-refractivity contribution in [2.75, 3.05) is 7.11 Å². The lowest BCUT2D eigenvalue weighted by Crippen LogP contribution is -2.26. The van der Waals surface area contributed by atoms with E-state index in [1.54, 1.807) is 0 Å². The molecule has 0 saturated heterocycles. The minimum absolute atomic E-state index is 0.00308. The maximum absolute atomic E-state index is 13.2. The summed E-state index contributed by atoms with van der Waals surface area (Å²) in [5.41, 5.74) is -2.19. The lowest BCUT2D eigenvalue weighted by molar-refractivity contribution is -0.141. The van der Waals surface area contributed by atoms with Gasteiger partial charge in [-0.2, -0.15) is 23.4 Å². The van der Waals surface area contributed by atoms with E-state index in [1.165, 1.54) is 31.4 Å². The van der Waals surface area contributed by atoms with Crippen molar-refractivity contribution in [2.24, 2.45) is 0 Å². The number of hydrogen-bond acceptors (Lipinski definition) is 7. The van der Waals surface area contributed by atoms with Crippen molar-refractivity contribution < 1.29 is 22.6 Å². The topological polar surface area (TPSA) is 103 Å². The van der Waals surface area contributed by atoms with E-state index in [0.717, 1.165) is 4.57 Å². The molecule has 0 fully saturated rings. The van der Waals surface area contributed by atoms with Gasteiger partial charge in [0.25, 0.3) is 5.56 Å². The van der Waals surface area contributed by atoms with Gasteiger partial charge in [-0.1, -0.05) is 23.2 Å². The Hall–Kier alpha value is -3.36. The van der Waals surface area contributed by atoms with Crippen LogP contribution >= 0.6 is 23.2 Å². The first-order valence-electron chi connectivity index (χ1n) is 8.24. The summed E-state index contributed by atoms with van der Waals surface area (Å²) in [6.07, 6.45) is -4.90. The number of benzene rings is 1. The maximum atomic E-state index is 13.2. The fourth-order valence-corrected chi connectivity index (χ4v) is 2.89. The zero-order valence-corrected chi connectivity index (χ0v) is 17.0. The first-order valence-corrected chi connectivity index (χ1v) is 9.00. The van der Waals surface area contributed by atoms with Gasteiger partial charge in [0.1, 0.15) is 5.75 Å². The molecule has 31 heavy (non-hydrogen) atoms. The fourth-order valence-electron chi connectivity index (χ4n) is 2.49. The summed E-state index contributed by atoms with van der Waals surface area (Å²) in [6.45, 7) is -0.344. The Morgan fingerprint density at radius 1 is 1.16 bits per heavy atom. The van der Waals surface area contributed by atoms with Crippen LogP contribution < -0.4 is 15.0 Å². The number of rotatable bonds is 5. The third-order valence-corrected chi connectivity index (χ3v) is 4.20. The predicted octanol–water partition coefficient (Wildman–Crippen LogP) is 4.08. The minimum Gasteiger partial charge on any atom is -0.480 e. The lowest BCUT2D eigenvalue weighted by Gasteiger charge is -2.16. The third-order valence-electron chi connectivity index (χ3n) is 3.80. The number of nitriles is 1. The molecule has 3 rings (SSSR count). The summed E-state index contributed by atoms with van der Waals surface area (Å²) in [5, 5.41) is 16.4. The molecule has 0 radical (unpaired) electrons. The van der Waals surface area contributed by atoms with Crippen LogP contribution in [0.1, 0.15) is 16.8 Å². The number of alkyl halides is 3. The molecule has 160 valence electrons. The van der Waals surface area contributed by atoms with Crippen LogP contribution in [0.2, 0.25) is 10.2 Å². The van der Waals surface area contributed by atoms with Gasteiger partial charge in [0.2, 0.25) is 5.88 Å². The highest BCUT2D eigenvalue weighted by Gasteiger charge is 2.34. The number of methoxy groups -OCH3 is 1. The van der Waals surface area contributed by atoms with Gasteiger partial charge in [0, 0.05) is 16.7 Å². The summed E-state index contributed by atoms with van der Waals surface area (Å²) in [6, 6.07) is 6.61. The van der Waals surface area contributed by atoms with Gasteiger partial charge >= 0.3 is 12.2 Å². The number of aromatic nitrogens is 4. The molecule has 0 unspecified atom stereocenters. The Labute approximate surface area is 182 Å². The van der Waals surface area contributed by atoms with Crippen molar-refractivity contribution >= 4 is 23.2 Å². The van der Waals surface area contributed by atoms with Gasteiger partial charge in [0.15, 0.2) is 10.8 Å². The second-order valence-corrected chi connectivity index (χ2v) is 6.76. The van der Waals surface area contributed by atoms with Gasteiger partial charge in [-0.15, -0.1) is 10.2 Å². The van der Waals surface area contributed by atoms with Crippen molar-refractivity contribution in [3.63, 3.8) is 0 Å². The van der Waals surface area contributed by atoms with E-state index in [4.69, 9.17) is 37.9 Å². The lowest BCUT2D eigenvalue weighted by atomic mass is 10.2. The summed E-state index contributed by atoms with van der Waals surface area (Å²) < 4.78 is 50.9. The molecular weight excluding hydrogens is 462 g/mol. The molecule has 0 aliphatic rings. The second kappa shape index (κ2) is 8.79. The molecule has 2 heterocycles. The molecule has 0 aliphatic carbocycles. The molecule has 0 bridgehead atoms. The maximum Gasteiger partial charge on any atom is 0.433 e. The smallest absolute Gasteiger partial charge is 0.433 e. The van der Waals surface area contributed by atoms with Gasteiger partial charge < -0.3 is 9.47 Å². The van der Waals surface area contributed by atoms with Crippen LogP contribution in [0.4, 0.5) is 13.2 Å². The van der Waals surface area contributed by atoms with Crippen LogP contribution in [0.3, 0.4) is 0 Å². The molecule has 0 atom stereocenters. The van der Waals surface area contributed by atoms with Gasteiger partial charge in [-0.3, -0.25) is 9.36 Å². The summed E-state index contributed by atoms with van der Waals surface area (Å²) in [4.78, 5) is 16.0. The van der Waals surface area contributed by atoms with Gasteiger partial charge in [-0.05, 0) is 24.3 Å². The highest BCUT2D eigenvalue weighted by atomic mass is 35.5. The number of halogens is 5. The molecule has 2 aromatic heterocycles. The van der Waals surface area contributed by atoms with Crippen LogP contribution in [0.5, 0.6) is 17.6 Å². The van der Waals surface area contributed by atoms with E-state index in [0.29, 0.717) is 6.07 Å². The zero-order valence-electron chi connectivity index (χ0n) is 15.4. The monoisotopic (exact) mass is 471 g/mol. The molecule has 0 spiro atoms. The van der Waals surface area contributed by atoms with Crippen LogP contribution in [-0.4, -0.2) is 26.9 Å². The highest BCUT2D eigenvalue weighted by molar-refractivity contribution is 6.30. The number of hydrogen-bond donors (Lipinski definition) is 0. The quantitative estimate of drug-likeness (QED) is 0.552. The van der Waals surface area contributed by atoms with Crippen molar-refractivity contribution in [1.82, 2.24) is 19.7 Å². The standard InChI is InChI=1S/C18H10Cl2F3N5O3/c1-30-16-10(4-14(20)26-27-16)8-28-15(29)6-13(18(21,22)23)25-17(28)31-12-3-9(7-24)2-11(19)5-12/h2-6H,8H2,1H3. The largest absolute Gasteiger partial charge is 0.480 e. The molecular formula is C18H10Cl2F3N5O3.